The van der Waals surface area contributed by atoms with E-state index in [1.165, 1.54) is 24.3 Å². The summed E-state index contributed by atoms with van der Waals surface area (Å²) in [5.74, 6) is -0.505. The van der Waals surface area contributed by atoms with E-state index >= 15 is 0 Å². The fraction of sp³-hybridized carbons (Fsp3) is 0.364. The van der Waals surface area contributed by atoms with Gasteiger partial charge in [0.05, 0.1) is 0 Å². The molecule has 6 heteroatoms. The summed E-state index contributed by atoms with van der Waals surface area (Å²) in [7, 11) is 0. The molecule has 0 aromatic heterocycles. The molecule has 0 saturated carbocycles. The summed E-state index contributed by atoms with van der Waals surface area (Å²) in [6.45, 7) is 0. The number of amides is 1. The molecule has 0 radical (unpaired) electrons. The van der Waals surface area contributed by atoms with Crippen LogP contribution < -0.4 is 4.90 Å². The van der Waals surface area contributed by atoms with Crippen LogP contribution in [0.2, 0.25) is 5.02 Å². The molecule has 1 atom stereocenters. The maximum absolute atomic E-state index is 12.7. The molecule has 2 nitrogen and oxygen atoms in total. The van der Waals surface area contributed by atoms with Crippen molar-refractivity contribution < 1.29 is 18.0 Å². The number of alkyl halides is 3. The van der Waals surface area contributed by atoms with Gasteiger partial charge in [0.2, 0.25) is 5.91 Å². The summed E-state index contributed by atoms with van der Waals surface area (Å²) in [5.41, 5.74) is 0.235. The van der Waals surface area contributed by atoms with Gasteiger partial charge in [-0.25, -0.2) is 0 Å². The maximum Gasteiger partial charge on any atom is 0.409 e. The second kappa shape index (κ2) is 4.22. The van der Waals surface area contributed by atoms with Crippen LogP contribution >= 0.6 is 11.6 Å². The minimum absolute atomic E-state index is 0.0766. The lowest BCUT2D eigenvalue weighted by molar-refractivity contribution is -0.148. The summed E-state index contributed by atoms with van der Waals surface area (Å²) in [5, 5.41) is 0.420. The Kier molecular flexibility index (Phi) is 3.03. The van der Waals surface area contributed by atoms with Gasteiger partial charge in [0.15, 0.2) is 0 Å². The van der Waals surface area contributed by atoms with Crippen molar-refractivity contribution >= 4 is 23.2 Å². The second-order valence-corrected chi connectivity index (χ2v) is 4.27. The predicted octanol–water partition coefficient (Wildman–Crippen LogP) is 3.40. The highest BCUT2D eigenvalue weighted by molar-refractivity contribution is 6.30. The predicted molar refractivity (Wildman–Crippen MR) is 58.0 cm³/mol. The largest absolute Gasteiger partial charge is 0.409 e. The number of anilines is 1. The Morgan fingerprint density at radius 2 is 1.82 bits per heavy atom. The van der Waals surface area contributed by atoms with Crippen molar-refractivity contribution in [1.29, 1.82) is 0 Å². The van der Waals surface area contributed by atoms with E-state index in [0.29, 0.717) is 5.02 Å². The topological polar surface area (TPSA) is 20.3 Å². The van der Waals surface area contributed by atoms with E-state index in [9.17, 15) is 18.0 Å². The summed E-state index contributed by atoms with van der Waals surface area (Å²) in [4.78, 5) is 12.3. The quantitative estimate of drug-likeness (QED) is 0.760. The second-order valence-electron chi connectivity index (χ2n) is 3.84. The zero-order valence-electron chi connectivity index (χ0n) is 8.67. The van der Waals surface area contributed by atoms with Crippen LogP contribution in [0.5, 0.6) is 0 Å². The van der Waals surface area contributed by atoms with Crippen molar-refractivity contribution in [3.8, 4) is 0 Å². The maximum atomic E-state index is 12.7. The van der Waals surface area contributed by atoms with E-state index in [0.717, 1.165) is 4.90 Å². The van der Waals surface area contributed by atoms with Crippen LogP contribution in [-0.2, 0) is 4.79 Å². The number of hydrogen-bond acceptors (Lipinski definition) is 1. The van der Waals surface area contributed by atoms with Crippen LogP contribution in [0, 0.1) is 0 Å². The van der Waals surface area contributed by atoms with Crippen molar-refractivity contribution in [2.45, 2.75) is 25.1 Å². The number of carbonyl (C=O) groups excluding carboxylic acids is 1. The van der Waals surface area contributed by atoms with Gasteiger partial charge < -0.3 is 4.90 Å². The van der Waals surface area contributed by atoms with E-state index in [1.807, 2.05) is 0 Å². The smallest absolute Gasteiger partial charge is 0.300 e. The molecule has 1 aromatic carbocycles. The third kappa shape index (κ3) is 2.39. The Morgan fingerprint density at radius 1 is 1.24 bits per heavy atom. The molecule has 0 unspecified atom stereocenters. The van der Waals surface area contributed by atoms with Gasteiger partial charge in [-0.3, -0.25) is 4.79 Å². The van der Waals surface area contributed by atoms with Crippen molar-refractivity contribution in [2.75, 3.05) is 4.90 Å². The minimum atomic E-state index is -4.40. The van der Waals surface area contributed by atoms with Gasteiger partial charge in [-0.2, -0.15) is 13.2 Å². The number of benzene rings is 1. The third-order valence-corrected chi connectivity index (χ3v) is 2.95. The van der Waals surface area contributed by atoms with Crippen molar-refractivity contribution in [1.82, 2.24) is 0 Å². The van der Waals surface area contributed by atoms with Crippen LogP contribution in [0.4, 0.5) is 18.9 Å². The summed E-state index contributed by atoms with van der Waals surface area (Å²) < 4.78 is 38.2. The molecule has 1 aromatic rings. The van der Waals surface area contributed by atoms with E-state index in [2.05, 4.69) is 0 Å². The Balaban J connectivity index is 2.34. The number of rotatable bonds is 1. The summed E-state index contributed by atoms with van der Waals surface area (Å²) in [6.07, 6.45) is -4.66. The highest BCUT2D eigenvalue weighted by atomic mass is 35.5. The first-order chi connectivity index (χ1) is 7.89. The van der Waals surface area contributed by atoms with Crippen LogP contribution in [0.1, 0.15) is 12.8 Å². The molecule has 1 heterocycles. The molecule has 0 N–H and O–H groups in total. The first kappa shape index (κ1) is 12.2. The molecular formula is C11H9ClF3NO. The molecule has 0 bridgehead atoms. The molecule has 17 heavy (non-hydrogen) atoms. The Morgan fingerprint density at radius 3 is 2.35 bits per heavy atom. The zero-order valence-corrected chi connectivity index (χ0v) is 9.42. The first-order valence-electron chi connectivity index (χ1n) is 5.04. The third-order valence-electron chi connectivity index (χ3n) is 2.69. The molecule has 0 spiro atoms. The zero-order chi connectivity index (χ0) is 12.6. The molecule has 1 aliphatic rings. The number of hydrogen-bond donors (Lipinski definition) is 0. The molecule has 92 valence electrons. The Labute approximate surface area is 101 Å². The van der Waals surface area contributed by atoms with Crippen molar-refractivity contribution in [3.63, 3.8) is 0 Å². The van der Waals surface area contributed by atoms with Crippen LogP contribution in [0.3, 0.4) is 0 Å². The van der Waals surface area contributed by atoms with E-state index < -0.39 is 18.1 Å². The van der Waals surface area contributed by atoms with Gasteiger partial charge >= 0.3 is 6.18 Å². The van der Waals surface area contributed by atoms with Gasteiger partial charge in [-0.1, -0.05) is 11.6 Å². The number of nitrogens with zero attached hydrogens (tertiary/aromatic N) is 1. The number of carbonyl (C=O) groups is 1. The molecule has 2 rings (SSSR count). The standard InChI is InChI=1S/C11H9ClF3NO/c12-7-1-3-8(4-2-7)16-9(11(13,14)15)5-6-10(16)17/h1-4,9H,5-6H2/t9-/m1/s1. The van der Waals surface area contributed by atoms with Crippen LogP contribution in [0.15, 0.2) is 24.3 Å². The van der Waals surface area contributed by atoms with Gasteiger partial charge in [0.1, 0.15) is 6.04 Å². The average Bonchev–Trinajstić information content (AvgIpc) is 2.61. The highest BCUT2D eigenvalue weighted by Gasteiger charge is 2.49. The normalized spacial score (nSPS) is 21.1. The lowest BCUT2D eigenvalue weighted by Gasteiger charge is -2.26. The van der Waals surface area contributed by atoms with Gasteiger partial charge in [-0.05, 0) is 30.7 Å². The van der Waals surface area contributed by atoms with E-state index in [1.54, 1.807) is 0 Å². The highest BCUT2D eigenvalue weighted by Crippen LogP contribution is 2.36. The van der Waals surface area contributed by atoms with Gasteiger partial charge in [0, 0.05) is 17.1 Å². The van der Waals surface area contributed by atoms with Crippen molar-refractivity contribution in [3.05, 3.63) is 29.3 Å². The molecule has 0 aliphatic carbocycles. The fourth-order valence-electron chi connectivity index (χ4n) is 1.92. The molecule has 1 fully saturated rings. The van der Waals surface area contributed by atoms with Crippen LogP contribution in [0.25, 0.3) is 0 Å². The van der Waals surface area contributed by atoms with Crippen LogP contribution in [-0.4, -0.2) is 18.1 Å². The Bertz CT molecular complexity index is 429. The molecule has 1 amide bonds. The summed E-state index contributed by atoms with van der Waals surface area (Å²) >= 11 is 5.66. The van der Waals surface area contributed by atoms with Gasteiger partial charge in [-0.15, -0.1) is 0 Å². The lowest BCUT2D eigenvalue weighted by atomic mass is 10.2. The van der Waals surface area contributed by atoms with Gasteiger partial charge in [0.25, 0.3) is 0 Å². The van der Waals surface area contributed by atoms with E-state index in [-0.39, 0.29) is 18.5 Å². The SMILES string of the molecule is O=C1CC[C@H](C(F)(F)F)N1c1ccc(Cl)cc1. The lowest BCUT2D eigenvalue weighted by Crippen LogP contribution is -2.43. The Hall–Kier alpha value is -1.23. The first-order valence-corrected chi connectivity index (χ1v) is 5.42. The molecule has 1 saturated heterocycles. The average molecular weight is 264 g/mol. The van der Waals surface area contributed by atoms with E-state index in [4.69, 9.17) is 11.6 Å². The minimum Gasteiger partial charge on any atom is -0.300 e. The monoisotopic (exact) mass is 263 g/mol. The number of halogens is 4. The molecule has 1 aliphatic heterocycles. The fourth-order valence-corrected chi connectivity index (χ4v) is 2.05. The van der Waals surface area contributed by atoms with Crippen molar-refractivity contribution in [2.24, 2.45) is 0 Å². The summed E-state index contributed by atoms with van der Waals surface area (Å²) in [6, 6.07) is 4.05. The molecular weight excluding hydrogens is 255 g/mol.